The number of fused-ring (bicyclic) bond motifs is 1. The Hall–Kier alpha value is -2.83. The second-order valence-corrected chi connectivity index (χ2v) is 12.9. The van der Waals surface area contributed by atoms with Crippen LogP contribution in [0.15, 0.2) is 30.3 Å². The summed E-state index contributed by atoms with van der Waals surface area (Å²) in [6.45, 7) is 16.1. The fraction of sp³-hybridized carbons (Fsp3) is 0.636. The third-order valence-corrected chi connectivity index (χ3v) is 9.41. The van der Waals surface area contributed by atoms with Crippen LogP contribution in [0.25, 0.3) is 0 Å². The first-order valence-electron chi connectivity index (χ1n) is 16.1. The molecule has 0 unspecified atom stereocenters. The number of halogens is 1. The Bertz CT molecular complexity index is 1280. The van der Waals surface area contributed by atoms with E-state index < -0.39 is 0 Å². The number of carbonyl (C=O) groups is 1. The van der Waals surface area contributed by atoms with Gasteiger partial charge < -0.3 is 29.3 Å². The van der Waals surface area contributed by atoms with Crippen LogP contribution in [0.4, 0.5) is 15.9 Å². The molecular weight excluding hydrogens is 563 g/mol. The lowest BCUT2D eigenvalue weighted by Gasteiger charge is -2.46. The molecule has 4 aliphatic rings. The van der Waals surface area contributed by atoms with Gasteiger partial charge in [0.1, 0.15) is 23.9 Å². The first kappa shape index (κ1) is 31.2. The van der Waals surface area contributed by atoms with Crippen molar-refractivity contribution in [1.82, 2.24) is 20.1 Å². The fourth-order valence-electron chi connectivity index (χ4n) is 6.98. The molecule has 1 aromatic carbocycles. The number of anilines is 2. The van der Waals surface area contributed by atoms with E-state index in [0.29, 0.717) is 62.5 Å². The predicted molar refractivity (Wildman–Crippen MR) is 168 cm³/mol. The highest BCUT2D eigenvalue weighted by Crippen LogP contribution is 2.38. The third kappa shape index (κ3) is 6.87. The van der Waals surface area contributed by atoms with Gasteiger partial charge in [-0.15, -0.1) is 0 Å². The number of carbonyl (C=O) groups excluding carboxylic acids is 1. The summed E-state index contributed by atoms with van der Waals surface area (Å²) in [5.74, 6) is 1.12. The quantitative estimate of drug-likeness (QED) is 0.509. The van der Waals surface area contributed by atoms with Crippen LogP contribution in [0.1, 0.15) is 38.8 Å². The van der Waals surface area contributed by atoms with Crippen molar-refractivity contribution in [3.63, 3.8) is 0 Å². The molecule has 1 aromatic heterocycles. The largest absolute Gasteiger partial charge is 0.474 e. The maximum atomic E-state index is 14.3. The summed E-state index contributed by atoms with van der Waals surface area (Å²) in [6, 6.07) is 9.71. The Morgan fingerprint density at radius 3 is 2.45 bits per heavy atom. The lowest BCUT2D eigenvalue weighted by Crippen LogP contribution is -2.63. The molecule has 1 amide bonds. The van der Waals surface area contributed by atoms with Crippen molar-refractivity contribution in [3.8, 4) is 5.88 Å². The number of morpholine rings is 2. The van der Waals surface area contributed by atoms with Crippen molar-refractivity contribution < 1.29 is 23.4 Å². The number of benzene rings is 1. The minimum absolute atomic E-state index is 0.0536. The molecule has 10 nitrogen and oxygen atoms in total. The minimum Gasteiger partial charge on any atom is -0.474 e. The SMILES string of the molecule is C[C@@H]1CN(CC(=O)N2c3cc(Cc4ccc(F)cc4)c(N4CCOCC4)nc3OC[C@@H]2C)[C@@H](CN2[C@H](C)COC[C@H]2C)CN1. The molecule has 0 saturated carbocycles. The second-order valence-electron chi connectivity index (χ2n) is 12.9. The molecule has 4 aliphatic heterocycles. The summed E-state index contributed by atoms with van der Waals surface area (Å²) in [4.78, 5) is 28.3. The summed E-state index contributed by atoms with van der Waals surface area (Å²) >= 11 is 0. The van der Waals surface area contributed by atoms with Gasteiger partial charge in [-0.25, -0.2) is 4.39 Å². The van der Waals surface area contributed by atoms with E-state index in [1.54, 1.807) is 0 Å². The van der Waals surface area contributed by atoms with Crippen molar-refractivity contribution in [3.05, 3.63) is 47.3 Å². The van der Waals surface area contributed by atoms with Gasteiger partial charge in [-0.05, 0) is 51.5 Å². The van der Waals surface area contributed by atoms with Gasteiger partial charge >= 0.3 is 0 Å². The van der Waals surface area contributed by atoms with Crippen molar-refractivity contribution in [2.24, 2.45) is 0 Å². The number of hydrogen-bond acceptors (Lipinski definition) is 9. The zero-order chi connectivity index (χ0) is 30.8. The van der Waals surface area contributed by atoms with E-state index in [0.717, 1.165) is 62.9 Å². The highest BCUT2D eigenvalue weighted by molar-refractivity contribution is 5.97. The number of hydrogen-bond donors (Lipinski definition) is 1. The van der Waals surface area contributed by atoms with E-state index in [4.69, 9.17) is 19.2 Å². The molecule has 3 saturated heterocycles. The normalized spacial score (nSPS) is 28.4. The lowest BCUT2D eigenvalue weighted by molar-refractivity contribution is -0.122. The molecule has 0 bridgehead atoms. The highest BCUT2D eigenvalue weighted by Gasteiger charge is 2.37. The predicted octanol–water partition coefficient (Wildman–Crippen LogP) is 2.53. The van der Waals surface area contributed by atoms with Crippen molar-refractivity contribution in [2.75, 3.05) is 82.1 Å². The average molecular weight is 611 g/mol. The number of pyridine rings is 1. The van der Waals surface area contributed by atoms with Crippen LogP contribution < -0.4 is 19.9 Å². The third-order valence-electron chi connectivity index (χ3n) is 9.41. The van der Waals surface area contributed by atoms with Crippen LogP contribution in [0.3, 0.4) is 0 Å². The summed E-state index contributed by atoms with van der Waals surface area (Å²) in [5.41, 5.74) is 2.67. The second kappa shape index (κ2) is 13.7. The van der Waals surface area contributed by atoms with Gasteiger partial charge in [0.25, 0.3) is 0 Å². The van der Waals surface area contributed by atoms with Gasteiger partial charge in [0.15, 0.2) is 0 Å². The molecule has 3 fully saturated rings. The summed E-state index contributed by atoms with van der Waals surface area (Å²) in [6.07, 6.45) is 0.566. The molecule has 6 rings (SSSR count). The molecule has 0 radical (unpaired) electrons. The number of amides is 1. The van der Waals surface area contributed by atoms with E-state index in [2.05, 4.69) is 46.9 Å². The molecule has 0 spiro atoms. The maximum absolute atomic E-state index is 14.3. The molecule has 240 valence electrons. The summed E-state index contributed by atoms with van der Waals surface area (Å²) in [7, 11) is 0. The molecule has 0 aliphatic carbocycles. The monoisotopic (exact) mass is 610 g/mol. The molecule has 2 aromatic rings. The van der Waals surface area contributed by atoms with Crippen molar-refractivity contribution >= 4 is 17.4 Å². The number of aromatic nitrogens is 1. The first-order valence-corrected chi connectivity index (χ1v) is 16.1. The lowest BCUT2D eigenvalue weighted by atomic mass is 10.0. The summed E-state index contributed by atoms with van der Waals surface area (Å²) < 4.78 is 31.2. The number of ether oxygens (including phenoxy) is 3. The van der Waals surface area contributed by atoms with E-state index in [9.17, 15) is 9.18 Å². The van der Waals surface area contributed by atoms with Gasteiger partial charge in [-0.3, -0.25) is 14.6 Å². The number of rotatable bonds is 7. The Labute approximate surface area is 260 Å². The Morgan fingerprint density at radius 2 is 1.73 bits per heavy atom. The number of nitrogens with one attached hydrogen (secondary N) is 1. The molecule has 11 heteroatoms. The Morgan fingerprint density at radius 1 is 1.00 bits per heavy atom. The van der Waals surface area contributed by atoms with Crippen LogP contribution >= 0.6 is 0 Å². The van der Waals surface area contributed by atoms with E-state index in [-0.39, 0.29) is 23.8 Å². The molecule has 1 N–H and O–H groups in total. The van der Waals surface area contributed by atoms with Crippen molar-refractivity contribution in [1.29, 1.82) is 0 Å². The standard InChI is InChI=1S/C33H47FN6O4/c1-22-16-38(29(15-35-22)17-39-23(2)19-43-20-24(39)3)18-31(41)40-25(4)21-44-33-30(40)14-27(13-26-5-7-28(34)8-6-26)32(36-33)37-9-11-42-12-10-37/h5-8,14,22-25,29,35H,9-13,15-21H2,1-4H3/t22-,23-,24-,25+,29-/m1/s1. The van der Waals surface area contributed by atoms with E-state index in [1.807, 2.05) is 24.0 Å². The molecule has 5 heterocycles. The van der Waals surface area contributed by atoms with Crippen LogP contribution in [-0.4, -0.2) is 123 Å². The molecule has 44 heavy (non-hydrogen) atoms. The first-order chi connectivity index (χ1) is 21.3. The van der Waals surface area contributed by atoms with Crippen LogP contribution in [0.5, 0.6) is 5.88 Å². The van der Waals surface area contributed by atoms with E-state index in [1.165, 1.54) is 12.1 Å². The van der Waals surface area contributed by atoms with Gasteiger partial charge in [-0.2, -0.15) is 4.98 Å². The van der Waals surface area contributed by atoms with Crippen molar-refractivity contribution in [2.45, 2.75) is 64.3 Å². The van der Waals surface area contributed by atoms with Crippen LogP contribution in [0, 0.1) is 5.82 Å². The average Bonchev–Trinajstić information content (AvgIpc) is 3.01. The number of nitrogens with zero attached hydrogens (tertiary/aromatic N) is 5. The maximum Gasteiger partial charge on any atom is 0.241 e. The Kier molecular flexibility index (Phi) is 9.68. The van der Waals surface area contributed by atoms with Crippen LogP contribution in [-0.2, 0) is 20.7 Å². The summed E-state index contributed by atoms with van der Waals surface area (Å²) in [5, 5.41) is 3.64. The van der Waals surface area contributed by atoms with Gasteiger partial charge in [0.2, 0.25) is 11.8 Å². The Balaban J connectivity index is 1.27. The zero-order valence-corrected chi connectivity index (χ0v) is 26.5. The van der Waals surface area contributed by atoms with Crippen LogP contribution in [0.2, 0.25) is 0 Å². The zero-order valence-electron chi connectivity index (χ0n) is 26.5. The molecular formula is C33H47FN6O4. The fourth-order valence-corrected chi connectivity index (χ4v) is 6.98. The smallest absolute Gasteiger partial charge is 0.241 e. The topological polar surface area (TPSA) is 82.6 Å². The molecule has 5 atom stereocenters. The highest BCUT2D eigenvalue weighted by atomic mass is 19.1. The van der Waals surface area contributed by atoms with Gasteiger partial charge in [0, 0.05) is 68.9 Å². The number of piperazine rings is 1. The van der Waals surface area contributed by atoms with Gasteiger partial charge in [-0.1, -0.05) is 12.1 Å². The minimum atomic E-state index is -0.261. The van der Waals surface area contributed by atoms with Gasteiger partial charge in [0.05, 0.1) is 39.0 Å². The van der Waals surface area contributed by atoms with E-state index >= 15 is 0 Å².